The van der Waals surface area contributed by atoms with E-state index in [0.717, 1.165) is 34.6 Å². The molecule has 130 valence electrons. The molecular weight excluding hydrogens is 338 g/mol. The third-order valence-corrected chi connectivity index (χ3v) is 4.51. The lowest BCUT2D eigenvalue weighted by molar-refractivity contribution is -0.116. The van der Waals surface area contributed by atoms with Crippen molar-refractivity contribution < 1.29 is 9.59 Å². The highest BCUT2D eigenvalue weighted by Gasteiger charge is 2.22. The molecule has 0 bridgehead atoms. The van der Waals surface area contributed by atoms with Crippen molar-refractivity contribution in [3.8, 4) is 0 Å². The van der Waals surface area contributed by atoms with Crippen molar-refractivity contribution in [3.63, 3.8) is 0 Å². The molecule has 0 aliphatic carbocycles. The van der Waals surface area contributed by atoms with Crippen LogP contribution >= 0.6 is 11.6 Å². The highest BCUT2D eigenvalue weighted by molar-refractivity contribution is 6.30. The summed E-state index contributed by atoms with van der Waals surface area (Å²) in [6, 6.07) is 11.2. The Labute approximate surface area is 152 Å². The molecule has 0 saturated carbocycles. The van der Waals surface area contributed by atoms with E-state index in [0.29, 0.717) is 11.6 Å². The Morgan fingerprint density at radius 1 is 1.20 bits per heavy atom. The van der Waals surface area contributed by atoms with Gasteiger partial charge >= 0.3 is 0 Å². The zero-order valence-corrected chi connectivity index (χ0v) is 15.0. The zero-order valence-electron chi connectivity index (χ0n) is 14.2. The normalized spacial score (nSPS) is 12.7. The number of rotatable bonds is 4. The third kappa shape index (κ3) is 3.94. The van der Waals surface area contributed by atoms with Crippen LogP contribution in [0.25, 0.3) is 0 Å². The summed E-state index contributed by atoms with van der Waals surface area (Å²) in [5.41, 5.74) is 4.61. The standard InChI is InChI=1S/C19H20ClN3O2/c1-12-3-4-15(20)10-17(12)21-11-19(25)22-16-5-6-18-14(9-16)7-8-23(18)13(2)24/h3-6,9-10,21H,7-8,11H2,1-2H3,(H,22,25). The van der Waals surface area contributed by atoms with Crippen LogP contribution in [0.1, 0.15) is 18.1 Å². The molecule has 2 amide bonds. The number of hydrogen-bond acceptors (Lipinski definition) is 3. The first-order chi connectivity index (χ1) is 11.9. The van der Waals surface area contributed by atoms with E-state index < -0.39 is 0 Å². The molecule has 2 N–H and O–H groups in total. The summed E-state index contributed by atoms with van der Waals surface area (Å²) < 4.78 is 0. The molecule has 0 aromatic heterocycles. The van der Waals surface area contributed by atoms with Crippen molar-refractivity contribution >= 4 is 40.5 Å². The molecule has 1 heterocycles. The van der Waals surface area contributed by atoms with Gasteiger partial charge in [0.2, 0.25) is 11.8 Å². The molecule has 1 aliphatic rings. The first kappa shape index (κ1) is 17.3. The smallest absolute Gasteiger partial charge is 0.243 e. The molecule has 6 heteroatoms. The van der Waals surface area contributed by atoms with E-state index in [4.69, 9.17) is 11.6 Å². The van der Waals surface area contributed by atoms with E-state index in [9.17, 15) is 9.59 Å². The first-order valence-electron chi connectivity index (χ1n) is 8.15. The van der Waals surface area contributed by atoms with Crippen LogP contribution in [0.4, 0.5) is 17.1 Å². The summed E-state index contributed by atoms with van der Waals surface area (Å²) in [6.07, 6.45) is 0.804. The second-order valence-corrected chi connectivity index (χ2v) is 6.56. The Bertz CT molecular complexity index is 835. The molecule has 0 spiro atoms. The second-order valence-electron chi connectivity index (χ2n) is 6.13. The van der Waals surface area contributed by atoms with Crippen molar-refractivity contribution in [2.45, 2.75) is 20.3 Å². The lowest BCUT2D eigenvalue weighted by Gasteiger charge is -2.15. The van der Waals surface area contributed by atoms with Crippen molar-refractivity contribution in [3.05, 3.63) is 52.5 Å². The number of nitrogens with zero attached hydrogens (tertiary/aromatic N) is 1. The number of anilines is 3. The summed E-state index contributed by atoms with van der Waals surface area (Å²) >= 11 is 5.98. The lowest BCUT2D eigenvalue weighted by atomic mass is 10.1. The Morgan fingerprint density at radius 3 is 2.76 bits per heavy atom. The zero-order chi connectivity index (χ0) is 18.0. The minimum absolute atomic E-state index is 0.0385. The highest BCUT2D eigenvalue weighted by Crippen LogP contribution is 2.30. The van der Waals surface area contributed by atoms with Gasteiger partial charge in [0, 0.05) is 35.6 Å². The maximum Gasteiger partial charge on any atom is 0.243 e. The average molecular weight is 358 g/mol. The van der Waals surface area contributed by atoms with Crippen LogP contribution in [0.5, 0.6) is 0 Å². The van der Waals surface area contributed by atoms with Crippen LogP contribution in [0.3, 0.4) is 0 Å². The summed E-state index contributed by atoms with van der Waals surface area (Å²) in [4.78, 5) is 25.5. The number of halogens is 1. The number of nitrogens with one attached hydrogen (secondary N) is 2. The van der Waals surface area contributed by atoms with Crippen LogP contribution < -0.4 is 15.5 Å². The van der Waals surface area contributed by atoms with Gasteiger partial charge in [0.15, 0.2) is 0 Å². The quantitative estimate of drug-likeness (QED) is 0.878. The molecule has 0 unspecified atom stereocenters. The Hall–Kier alpha value is -2.53. The average Bonchev–Trinajstić information content (AvgIpc) is 2.99. The number of aryl methyl sites for hydroxylation is 1. The summed E-state index contributed by atoms with van der Waals surface area (Å²) in [5, 5.41) is 6.61. The summed E-state index contributed by atoms with van der Waals surface area (Å²) in [5.74, 6) is -0.0997. The number of carbonyl (C=O) groups excluding carboxylic acids is 2. The van der Waals surface area contributed by atoms with E-state index >= 15 is 0 Å². The molecule has 0 fully saturated rings. The van der Waals surface area contributed by atoms with Gasteiger partial charge in [0.25, 0.3) is 0 Å². The summed E-state index contributed by atoms with van der Waals surface area (Å²) in [7, 11) is 0. The number of benzene rings is 2. The number of hydrogen-bond donors (Lipinski definition) is 2. The summed E-state index contributed by atoms with van der Waals surface area (Å²) in [6.45, 7) is 4.36. The fourth-order valence-electron chi connectivity index (χ4n) is 2.97. The van der Waals surface area contributed by atoms with Gasteiger partial charge in [-0.15, -0.1) is 0 Å². The van der Waals surface area contributed by atoms with Gasteiger partial charge in [0.05, 0.1) is 6.54 Å². The fourth-order valence-corrected chi connectivity index (χ4v) is 3.14. The molecule has 5 nitrogen and oxygen atoms in total. The molecule has 0 radical (unpaired) electrons. The molecule has 25 heavy (non-hydrogen) atoms. The largest absolute Gasteiger partial charge is 0.376 e. The van der Waals surface area contributed by atoms with Crippen LogP contribution in [0.15, 0.2) is 36.4 Å². The predicted octanol–water partition coefficient (Wildman–Crippen LogP) is 3.61. The Balaban J connectivity index is 1.62. The van der Waals surface area contributed by atoms with Crippen molar-refractivity contribution in [1.29, 1.82) is 0 Å². The lowest BCUT2D eigenvalue weighted by Crippen LogP contribution is -2.25. The van der Waals surface area contributed by atoms with Crippen LogP contribution in [-0.2, 0) is 16.0 Å². The number of amides is 2. The maximum absolute atomic E-state index is 12.2. The number of carbonyl (C=O) groups is 2. The van der Waals surface area contributed by atoms with Gasteiger partial charge in [-0.3, -0.25) is 9.59 Å². The molecule has 2 aromatic carbocycles. The van der Waals surface area contributed by atoms with E-state index in [2.05, 4.69) is 10.6 Å². The van der Waals surface area contributed by atoms with E-state index in [-0.39, 0.29) is 18.4 Å². The topological polar surface area (TPSA) is 61.4 Å². The van der Waals surface area contributed by atoms with Gasteiger partial charge in [-0.25, -0.2) is 0 Å². The second kappa shape index (κ2) is 7.15. The van der Waals surface area contributed by atoms with Gasteiger partial charge < -0.3 is 15.5 Å². The maximum atomic E-state index is 12.2. The minimum atomic E-state index is -0.138. The molecule has 1 aliphatic heterocycles. The van der Waals surface area contributed by atoms with Crippen molar-refractivity contribution in [1.82, 2.24) is 0 Å². The molecule has 0 saturated heterocycles. The van der Waals surface area contributed by atoms with Crippen LogP contribution in [-0.4, -0.2) is 24.9 Å². The molecule has 0 atom stereocenters. The van der Waals surface area contributed by atoms with Gasteiger partial charge in [-0.2, -0.15) is 0 Å². The van der Waals surface area contributed by atoms with Gasteiger partial charge in [0.1, 0.15) is 0 Å². The first-order valence-corrected chi connectivity index (χ1v) is 8.53. The molecule has 2 aromatic rings. The SMILES string of the molecule is CC(=O)N1CCc2cc(NC(=O)CNc3cc(Cl)ccc3C)ccc21. The third-order valence-electron chi connectivity index (χ3n) is 4.28. The van der Waals surface area contributed by atoms with E-state index in [1.165, 1.54) is 0 Å². The Kier molecular flexibility index (Phi) is 4.95. The van der Waals surface area contributed by atoms with Gasteiger partial charge in [-0.1, -0.05) is 17.7 Å². The van der Waals surface area contributed by atoms with Crippen molar-refractivity contribution in [2.75, 3.05) is 28.6 Å². The minimum Gasteiger partial charge on any atom is -0.376 e. The van der Waals surface area contributed by atoms with Crippen molar-refractivity contribution in [2.24, 2.45) is 0 Å². The fraction of sp³-hybridized carbons (Fsp3) is 0.263. The monoisotopic (exact) mass is 357 g/mol. The molecule has 3 rings (SSSR count). The van der Waals surface area contributed by atoms with Gasteiger partial charge in [-0.05, 0) is 54.8 Å². The van der Waals surface area contributed by atoms with E-state index in [1.54, 1.807) is 17.9 Å². The predicted molar refractivity (Wildman–Crippen MR) is 101 cm³/mol. The molecular formula is C19H20ClN3O2. The Morgan fingerprint density at radius 2 is 2.00 bits per heavy atom. The highest BCUT2D eigenvalue weighted by atomic mass is 35.5. The van der Waals surface area contributed by atoms with Crippen LogP contribution in [0, 0.1) is 6.92 Å². The van der Waals surface area contributed by atoms with Crippen LogP contribution in [0.2, 0.25) is 5.02 Å². The van der Waals surface area contributed by atoms with E-state index in [1.807, 2.05) is 37.3 Å². The number of fused-ring (bicyclic) bond motifs is 1.